The molecule has 0 saturated carbocycles. The fraction of sp³-hybridized carbons (Fsp3) is 0.167. The van der Waals surface area contributed by atoms with E-state index in [2.05, 4.69) is 5.32 Å². The average molecular weight is 482 g/mol. The van der Waals surface area contributed by atoms with E-state index in [-0.39, 0.29) is 16.3 Å². The third kappa shape index (κ3) is 5.22. The van der Waals surface area contributed by atoms with E-state index in [9.17, 15) is 13.2 Å². The van der Waals surface area contributed by atoms with Crippen LogP contribution in [0.4, 0.5) is 11.4 Å². The number of ether oxygens (including phenoxy) is 3. The van der Waals surface area contributed by atoms with Crippen LogP contribution in [0.2, 0.25) is 0 Å². The molecule has 0 heterocycles. The van der Waals surface area contributed by atoms with Gasteiger partial charge in [-0.2, -0.15) is 5.26 Å². The van der Waals surface area contributed by atoms with Gasteiger partial charge in [-0.25, -0.2) is 8.42 Å². The lowest BCUT2D eigenvalue weighted by Crippen LogP contribution is -2.38. The molecule has 9 nitrogen and oxygen atoms in total. The van der Waals surface area contributed by atoms with Crippen molar-refractivity contribution in [2.45, 2.75) is 4.90 Å². The number of methoxy groups -OCH3 is 3. The molecule has 0 aliphatic rings. The third-order valence-corrected chi connectivity index (χ3v) is 6.67. The fourth-order valence-corrected chi connectivity index (χ4v) is 4.63. The number of rotatable bonds is 9. The molecule has 3 aromatic carbocycles. The molecule has 0 spiro atoms. The minimum absolute atomic E-state index is 0.0795. The Morgan fingerprint density at radius 3 is 2.24 bits per heavy atom. The van der Waals surface area contributed by atoms with Gasteiger partial charge < -0.3 is 19.5 Å². The number of carbonyl (C=O) groups excluding carboxylic acids is 1. The number of benzene rings is 3. The Labute approximate surface area is 198 Å². The molecule has 34 heavy (non-hydrogen) atoms. The van der Waals surface area contributed by atoms with E-state index in [1.807, 2.05) is 6.07 Å². The Balaban J connectivity index is 2.01. The number of para-hydroxylation sites is 2. The highest BCUT2D eigenvalue weighted by molar-refractivity contribution is 7.92. The summed E-state index contributed by atoms with van der Waals surface area (Å²) in [5.74, 6) is 0.525. The maximum absolute atomic E-state index is 13.6. The topological polar surface area (TPSA) is 118 Å². The number of carbonyl (C=O) groups is 1. The SMILES string of the molecule is COc1ccc(OC)c(NC(=O)CN(c2ccccc2OC)S(=O)(=O)c2ccc(C#N)cc2)c1. The van der Waals surface area contributed by atoms with Crippen molar-refractivity contribution >= 4 is 27.3 Å². The van der Waals surface area contributed by atoms with Gasteiger partial charge in [0.05, 0.1) is 49.2 Å². The van der Waals surface area contributed by atoms with Gasteiger partial charge in [0.25, 0.3) is 10.0 Å². The molecule has 0 aliphatic carbocycles. The summed E-state index contributed by atoms with van der Waals surface area (Å²) in [6.07, 6.45) is 0. The lowest BCUT2D eigenvalue weighted by molar-refractivity contribution is -0.114. The Morgan fingerprint density at radius 2 is 1.62 bits per heavy atom. The normalized spacial score (nSPS) is 10.6. The molecule has 0 atom stereocenters. The summed E-state index contributed by atoms with van der Waals surface area (Å²) >= 11 is 0. The van der Waals surface area contributed by atoms with Crippen LogP contribution in [0, 0.1) is 11.3 Å². The zero-order valence-corrected chi connectivity index (χ0v) is 19.6. The van der Waals surface area contributed by atoms with Crippen molar-refractivity contribution in [1.82, 2.24) is 0 Å². The summed E-state index contributed by atoms with van der Waals surface area (Å²) in [6.45, 7) is -0.553. The van der Waals surface area contributed by atoms with Crippen LogP contribution in [0.15, 0.2) is 71.6 Å². The van der Waals surface area contributed by atoms with Crippen molar-refractivity contribution in [2.75, 3.05) is 37.5 Å². The van der Waals surface area contributed by atoms with Crippen molar-refractivity contribution < 1.29 is 27.4 Å². The largest absolute Gasteiger partial charge is 0.497 e. The van der Waals surface area contributed by atoms with Gasteiger partial charge in [-0.3, -0.25) is 9.10 Å². The lowest BCUT2D eigenvalue weighted by atomic mass is 10.2. The van der Waals surface area contributed by atoms with Gasteiger partial charge in [-0.05, 0) is 48.5 Å². The van der Waals surface area contributed by atoms with Crippen LogP contribution in [0.25, 0.3) is 0 Å². The number of hydrogen-bond donors (Lipinski definition) is 1. The first-order valence-electron chi connectivity index (χ1n) is 10.0. The summed E-state index contributed by atoms with van der Waals surface area (Å²) in [6, 6.07) is 18.7. The summed E-state index contributed by atoms with van der Waals surface area (Å²) in [4.78, 5) is 13.0. The van der Waals surface area contributed by atoms with Gasteiger partial charge in [-0.15, -0.1) is 0 Å². The Hall–Kier alpha value is -4.23. The van der Waals surface area contributed by atoms with E-state index in [1.165, 1.54) is 45.6 Å². The van der Waals surface area contributed by atoms with E-state index < -0.39 is 22.5 Å². The maximum atomic E-state index is 13.6. The molecule has 0 saturated heterocycles. The first kappa shape index (κ1) is 24.4. The van der Waals surface area contributed by atoms with Crippen molar-refractivity contribution in [2.24, 2.45) is 0 Å². The zero-order chi connectivity index (χ0) is 24.7. The molecule has 0 radical (unpaired) electrons. The lowest BCUT2D eigenvalue weighted by Gasteiger charge is -2.25. The van der Waals surface area contributed by atoms with Crippen LogP contribution >= 0.6 is 0 Å². The Kier molecular flexibility index (Phi) is 7.60. The second-order valence-corrected chi connectivity index (χ2v) is 8.80. The number of sulfonamides is 1. The molecule has 0 unspecified atom stereocenters. The monoisotopic (exact) mass is 481 g/mol. The van der Waals surface area contributed by atoms with Crippen LogP contribution in [0.1, 0.15) is 5.56 Å². The minimum atomic E-state index is -4.20. The number of nitrogens with zero attached hydrogens (tertiary/aromatic N) is 2. The van der Waals surface area contributed by atoms with Crippen LogP contribution in [0.5, 0.6) is 17.2 Å². The van der Waals surface area contributed by atoms with Crippen molar-refractivity contribution in [3.05, 3.63) is 72.3 Å². The fourth-order valence-electron chi connectivity index (χ4n) is 3.20. The van der Waals surface area contributed by atoms with E-state index in [0.29, 0.717) is 22.7 Å². The van der Waals surface area contributed by atoms with Crippen LogP contribution in [-0.2, 0) is 14.8 Å². The number of amides is 1. The Bertz CT molecular complexity index is 1320. The standard InChI is InChI=1S/C24H23N3O6S/c1-31-18-10-13-22(32-2)20(14-18)26-24(28)16-27(21-6-4-5-7-23(21)33-3)34(29,30)19-11-8-17(15-25)9-12-19/h4-14H,16H2,1-3H3,(H,26,28). The molecular weight excluding hydrogens is 458 g/mol. The molecular formula is C24H23N3O6S. The number of nitrogens with one attached hydrogen (secondary N) is 1. The second kappa shape index (κ2) is 10.6. The molecule has 1 N–H and O–H groups in total. The first-order chi connectivity index (χ1) is 16.3. The first-order valence-corrected chi connectivity index (χ1v) is 11.5. The molecule has 0 aliphatic heterocycles. The van der Waals surface area contributed by atoms with Crippen LogP contribution in [-0.4, -0.2) is 42.2 Å². The van der Waals surface area contributed by atoms with Crippen LogP contribution in [0.3, 0.4) is 0 Å². The predicted octanol–water partition coefficient (Wildman–Crippen LogP) is 3.42. The molecule has 0 fully saturated rings. The molecule has 3 aromatic rings. The number of hydrogen-bond acceptors (Lipinski definition) is 7. The molecule has 10 heteroatoms. The quantitative estimate of drug-likeness (QED) is 0.497. The molecule has 0 aromatic heterocycles. The Morgan fingerprint density at radius 1 is 0.941 bits per heavy atom. The van der Waals surface area contributed by atoms with Gasteiger partial charge in [0.15, 0.2) is 0 Å². The van der Waals surface area contributed by atoms with Gasteiger partial charge in [0, 0.05) is 6.07 Å². The van der Waals surface area contributed by atoms with E-state index in [4.69, 9.17) is 19.5 Å². The van der Waals surface area contributed by atoms with Gasteiger partial charge in [0.1, 0.15) is 23.8 Å². The predicted molar refractivity (Wildman–Crippen MR) is 127 cm³/mol. The van der Waals surface area contributed by atoms with E-state index in [1.54, 1.807) is 42.5 Å². The molecule has 176 valence electrons. The van der Waals surface area contributed by atoms with Crippen molar-refractivity contribution in [1.29, 1.82) is 5.26 Å². The molecule has 1 amide bonds. The smallest absolute Gasteiger partial charge is 0.264 e. The maximum Gasteiger partial charge on any atom is 0.264 e. The highest BCUT2D eigenvalue weighted by atomic mass is 32.2. The van der Waals surface area contributed by atoms with Crippen LogP contribution < -0.4 is 23.8 Å². The molecule has 3 rings (SSSR count). The van der Waals surface area contributed by atoms with Gasteiger partial charge in [0.2, 0.25) is 5.91 Å². The van der Waals surface area contributed by atoms with Crippen molar-refractivity contribution in [3.63, 3.8) is 0 Å². The summed E-state index contributed by atoms with van der Waals surface area (Å²) in [5, 5.41) is 11.7. The average Bonchev–Trinajstić information content (AvgIpc) is 2.87. The third-order valence-electron chi connectivity index (χ3n) is 4.89. The second-order valence-electron chi connectivity index (χ2n) is 6.93. The van der Waals surface area contributed by atoms with E-state index in [0.717, 1.165) is 4.31 Å². The summed E-state index contributed by atoms with van der Waals surface area (Å²) < 4.78 is 43.9. The zero-order valence-electron chi connectivity index (χ0n) is 18.8. The summed E-state index contributed by atoms with van der Waals surface area (Å²) in [5.41, 5.74) is 0.815. The minimum Gasteiger partial charge on any atom is -0.497 e. The van der Waals surface area contributed by atoms with Gasteiger partial charge in [-0.1, -0.05) is 12.1 Å². The molecule has 0 bridgehead atoms. The highest BCUT2D eigenvalue weighted by Crippen LogP contribution is 2.33. The van der Waals surface area contributed by atoms with Crippen molar-refractivity contribution in [3.8, 4) is 23.3 Å². The summed E-state index contributed by atoms with van der Waals surface area (Å²) in [7, 11) is 0.148. The van der Waals surface area contributed by atoms with Gasteiger partial charge >= 0.3 is 0 Å². The number of anilines is 2. The van der Waals surface area contributed by atoms with E-state index >= 15 is 0 Å². The number of nitriles is 1. The highest BCUT2D eigenvalue weighted by Gasteiger charge is 2.29.